The number of aromatic nitrogens is 2. The molecule has 0 bridgehead atoms. The van der Waals surface area contributed by atoms with Crippen LogP contribution >= 0.6 is 0 Å². The van der Waals surface area contributed by atoms with Gasteiger partial charge in [-0.1, -0.05) is 25.3 Å². The zero-order valence-corrected chi connectivity index (χ0v) is 15.0. The van der Waals surface area contributed by atoms with Crippen LogP contribution in [0.15, 0.2) is 42.5 Å². The number of pyridine rings is 1. The van der Waals surface area contributed by atoms with Gasteiger partial charge in [-0.2, -0.15) is 0 Å². The lowest BCUT2D eigenvalue weighted by atomic mass is 9.95. The summed E-state index contributed by atoms with van der Waals surface area (Å²) in [5.41, 5.74) is 4.32. The molecule has 4 nitrogen and oxygen atoms in total. The number of imidazole rings is 1. The number of methoxy groups -OCH3 is 1. The van der Waals surface area contributed by atoms with Crippen molar-refractivity contribution in [1.29, 1.82) is 0 Å². The molecule has 0 aliphatic heterocycles. The van der Waals surface area contributed by atoms with Crippen LogP contribution in [-0.2, 0) is 0 Å². The topological polar surface area (TPSA) is 38.6 Å². The average molecular weight is 335 g/mol. The standard InChI is InChI=1S/C21H25N3O/c1-15-7-6-10-19-23-20(16-11-13-18(25-2)14-12-16)21(24(15)19)22-17-8-4-3-5-9-17/h6-7,10-14,17,22H,3-5,8-9H2,1-2H3. The smallest absolute Gasteiger partial charge is 0.139 e. The van der Waals surface area contributed by atoms with Gasteiger partial charge in [0.25, 0.3) is 0 Å². The molecular formula is C21H25N3O. The minimum Gasteiger partial charge on any atom is -0.497 e. The molecule has 1 fully saturated rings. The van der Waals surface area contributed by atoms with E-state index < -0.39 is 0 Å². The molecule has 4 heteroatoms. The molecule has 0 unspecified atom stereocenters. The highest BCUT2D eigenvalue weighted by Crippen LogP contribution is 2.33. The molecule has 25 heavy (non-hydrogen) atoms. The molecular weight excluding hydrogens is 310 g/mol. The SMILES string of the molecule is COc1ccc(-c2nc3cccc(C)n3c2NC2CCCCC2)cc1. The lowest BCUT2D eigenvalue weighted by Gasteiger charge is -2.24. The Hall–Kier alpha value is -2.49. The molecule has 1 N–H and O–H groups in total. The van der Waals surface area contributed by atoms with Crippen molar-refractivity contribution in [3.8, 4) is 17.0 Å². The number of hydrogen-bond acceptors (Lipinski definition) is 3. The number of ether oxygens (including phenoxy) is 1. The fraction of sp³-hybridized carbons (Fsp3) is 0.381. The van der Waals surface area contributed by atoms with Crippen LogP contribution < -0.4 is 10.1 Å². The van der Waals surface area contributed by atoms with Crippen LogP contribution in [0.1, 0.15) is 37.8 Å². The Morgan fingerprint density at radius 2 is 1.80 bits per heavy atom. The maximum absolute atomic E-state index is 5.29. The highest BCUT2D eigenvalue weighted by atomic mass is 16.5. The van der Waals surface area contributed by atoms with E-state index in [9.17, 15) is 0 Å². The van der Waals surface area contributed by atoms with Gasteiger partial charge in [0.05, 0.1) is 7.11 Å². The Labute approximate surface area is 148 Å². The van der Waals surface area contributed by atoms with Crippen LogP contribution in [0.3, 0.4) is 0 Å². The van der Waals surface area contributed by atoms with E-state index in [2.05, 4.69) is 47.0 Å². The van der Waals surface area contributed by atoms with Crippen LogP contribution in [-0.4, -0.2) is 22.5 Å². The fourth-order valence-electron chi connectivity index (χ4n) is 3.78. The van der Waals surface area contributed by atoms with Crippen molar-refractivity contribution < 1.29 is 4.74 Å². The lowest BCUT2D eigenvalue weighted by Crippen LogP contribution is -2.23. The van der Waals surface area contributed by atoms with Crippen molar-refractivity contribution in [3.05, 3.63) is 48.2 Å². The first-order valence-electron chi connectivity index (χ1n) is 9.15. The van der Waals surface area contributed by atoms with Crippen LogP contribution in [0.5, 0.6) is 5.75 Å². The predicted molar refractivity (Wildman–Crippen MR) is 102 cm³/mol. The summed E-state index contributed by atoms with van der Waals surface area (Å²) in [5.74, 6) is 1.98. The molecule has 0 atom stereocenters. The maximum atomic E-state index is 5.29. The summed E-state index contributed by atoms with van der Waals surface area (Å²) < 4.78 is 7.54. The molecule has 3 aromatic rings. The number of rotatable bonds is 4. The molecule has 0 amide bonds. The normalized spacial score (nSPS) is 15.4. The van der Waals surface area contributed by atoms with Gasteiger partial charge < -0.3 is 10.1 Å². The zero-order chi connectivity index (χ0) is 17.2. The number of hydrogen-bond donors (Lipinski definition) is 1. The van der Waals surface area contributed by atoms with Gasteiger partial charge in [-0.25, -0.2) is 4.98 Å². The van der Waals surface area contributed by atoms with Gasteiger partial charge in [0.1, 0.15) is 22.9 Å². The number of nitrogens with one attached hydrogen (secondary N) is 1. The molecule has 1 aromatic carbocycles. The van der Waals surface area contributed by atoms with Crippen molar-refractivity contribution >= 4 is 11.5 Å². The summed E-state index contributed by atoms with van der Waals surface area (Å²) in [6.45, 7) is 2.14. The molecule has 1 aliphatic carbocycles. The van der Waals surface area contributed by atoms with Crippen LogP contribution in [0.25, 0.3) is 16.9 Å². The Bertz CT molecular complexity index is 861. The van der Waals surface area contributed by atoms with Crippen LogP contribution in [0.4, 0.5) is 5.82 Å². The van der Waals surface area contributed by atoms with Crippen molar-refractivity contribution in [2.75, 3.05) is 12.4 Å². The highest BCUT2D eigenvalue weighted by Gasteiger charge is 2.20. The minimum absolute atomic E-state index is 0.533. The third-order valence-electron chi connectivity index (χ3n) is 5.15. The number of anilines is 1. The zero-order valence-electron chi connectivity index (χ0n) is 15.0. The summed E-state index contributed by atoms with van der Waals surface area (Å²) >= 11 is 0. The Morgan fingerprint density at radius 3 is 2.52 bits per heavy atom. The van der Waals surface area contributed by atoms with Gasteiger partial charge >= 0.3 is 0 Å². The first-order chi connectivity index (χ1) is 12.3. The van der Waals surface area contributed by atoms with Crippen LogP contribution in [0, 0.1) is 6.92 Å². The lowest BCUT2D eigenvalue weighted by molar-refractivity contribution is 0.415. The highest BCUT2D eigenvalue weighted by molar-refractivity contribution is 5.77. The summed E-state index contributed by atoms with van der Waals surface area (Å²) in [6, 6.07) is 15.0. The molecule has 0 spiro atoms. The predicted octanol–water partition coefficient (Wildman–Crippen LogP) is 5.06. The van der Waals surface area contributed by atoms with Gasteiger partial charge in [0.2, 0.25) is 0 Å². The summed E-state index contributed by atoms with van der Waals surface area (Å²) in [5, 5.41) is 3.81. The number of benzene rings is 1. The van der Waals surface area contributed by atoms with E-state index in [0.29, 0.717) is 6.04 Å². The Kier molecular flexibility index (Phi) is 4.35. The molecule has 1 aliphatic rings. The van der Waals surface area contributed by atoms with E-state index in [1.807, 2.05) is 12.1 Å². The van der Waals surface area contributed by atoms with Crippen LogP contribution in [0.2, 0.25) is 0 Å². The van der Waals surface area contributed by atoms with Crippen molar-refractivity contribution in [2.24, 2.45) is 0 Å². The van der Waals surface area contributed by atoms with Crippen molar-refractivity contribution in [2.45, 2.75) is 45.1 Å². The van der Waals surface area contributed by atoms with Crippen molar-refractivity contribution in [3.63, 3.8) is 0 Å². The summed E-state index contributed by atoms with van der Waals surface area (Å²) in [4.78, 5) is 4.92. The van der Waals surface area contributed by atoms with E-state index in [1.54, 1.807) is 7.11 Å². The monoisotopic (exact) mass is 335 g/mol. The first kappa shape index (κ1) is 16.0. The fourth-order valence-corrected chi connectivity index (χ4v) is 3.78. The Balaban J connectivity index is 1.81. The molecule has 2 heterocycles. The minimum atomic E-state index is 0.533. The second-order valence-electron chi connectivity index (χ2n) is 6.88. The molecule has 130 valence electrons. The van der Waals surface area contributed by atoms with E-state index in [1.165, 1.54) is 37.8 Å². The molecule has 0 radical (unpaired) electrons. The van der Waals surface area contributed by atoms with Gasteiger partial charge in [-0.05, 0) is 56.2 Å². The second-order valence-corrected chi connectivity index (χ2v) is 6.88. The molecule has 2 aromatic heterocycles. The van der Waals surface area contributed by atoms with E-state index >= 15 is 0 Å². The van der Waals surface area contributed by atoms with E-state index in [0.717, 1.165) is 28.5 Å². The summed E-state index contributed by atoms with van der Waals surface area (Å²) in [6.07, 6.45) is 6.45. The molecule has 1 saturated carbocycles. The summed E-state index contributed by atoms with van der Waals surface area (Å²) in [7, 11) is 1.69. The second kappa shape index (κ2) is 6.79. The maximum Gasteiger partial charge on any atom is 0.139 e. The number of fused-ring (bicyclic) bond motifs is 1. The van der Waals surface area contributed by atoms with Crippen molar-refractivity contribution in [1.82, 2.24) is 9.38 Å². The Morgan fingerprint density at radius 1 is 1.04 bits per heavy atom. The number of nitrogens with zero attached hydrogens (tertiary/aromatic N) is 2. The van der Waals surface area contributed by atoms with Gasteiger partial charge in [0.15, 0.2) is 0 Å². The van der Waals surface area contributed by atoms with Gasteiger partial charge in [0, 0.05) is 17.3 Å². The van der Waals surface area contributed by atoms with E-state index in [4.69, 9.17) is 9.72 Å². The average Bonchev–Trinajstić information content (AvgIpc) is 3.02. The molecule has 4 rings (SSSR count). The van der Waals surface area contributed by atoms with E-state index in [-0.39, 0.29) is 0 Å². The van der Waals surface area contributed by atoms with Gasteiger partial charge in [-0.3, -0.25) is 4.40 Å². The number of aryl methyl sites for hydroxylation is 1. The largest absolute Gasteiger partial charge is 0.497 e. The third kappa shape index (κ3) is 3.09. The van der Waals surface area contributed by atoms with Gasteiger partial charge in [-0.15, -0.1) is 0 Å². The third-order valence-corrected chi connectivity index (χ3v) is 5.15. The quantitative estimate of drug-likeness (QED) is 0.724. The molecule has 0 saturated heterocycles. The first-order valence-corrected chi connectivity index (χ1v) is 9.15.